The molecule has 0 N–H and O–H groups in total. The molecule has 2 aliphatic carbocycles. The summed E-state index contributed by atoms with van der Waals surface area (Å²) in [5.74, 6) is -1.89. The highest BCUT2D eigenvalue weighted by Gasteiger charge is 2.68. The fourth-order valence-electron chi connectivity index (χ4n) is 5.74. The molecule has 6 nitrogen and oxygen atoms in total. The van der Waals surface area contributed by atoms with Crippen molar-refractivity contribution >= 4 is 17.7 Å². The molecule has 0 unspecified atom stereocenters. The van der Waals surface area contributed by atoms with Crippen molar-refractivity contribution < 1.29 is 28.3 Å². The van der Waals surface area contributed by atoms with Gasteiger partial charge < -0.3 is 13.9 Å². The van der Waals surface area contributed by atoms with E-state index in [4.69, 9.17) is 13.9 Å². The van der Waals surface area contributed by atoms with E-state index in [1.807, 2.05) is 6.92 Å². The average molecular weight is 372 g/mol. The first-order valence-electron chi connectivity index (χ1n) is 9.38. The minimum atomic E-state index is -1.03. The van der Waals surface area contributed by atoms with Crippen molar-refractivity contribution in [3.8, 4) is 0 Å². The number of ether oxygens (including phenoxy) is 2. The average Bonchev–Trinajstić information content (AvgIpc) is 3.17. The zero-order valence-electron chi connectivity index (χ0n) is 15.8. The molecule has 144 valence electrons. The van der Waals surface area contributed by atoms with Crippen LogP contribution >= 0.6 is 0 Å². The van der Waals surface area contributed by atoms with Gasteiger partial charge in [-0.2, -0.15) is 0 Å². The number of rotatable bonds is 2. The van der Waals surface area contributed by atoms with E-state index in [0.29, 0.717) is 25.7 Å². The van der Waals surface area contributed by atoms with Crippen LogP contribution in [-0.4, -0.2) is 24.8 Å². The predicted molar refractivity (Wildman–Crippen MR) is 94.3 cm³/mol. The predicted octanol–water partition coefficient (Wildman–Crippen LogP) is 3.38. The number of furan rings is 1. The first kappa shape index (κ1) is 18.0. The van der Waals surface area contributed by atoms with Crippen LogP contribution in [0.15, 0.2) is 34.7 Å². The lowest BCUT2D eigenvalue weighted by atomic mass is 9.46. The summed E-state index contributed by atoms with van der Waals surface area (Å²) in [6.45, 7) is 3.65. The Labute approximate surface area is 157 Å². The molecular weight excluding hydrogens is 348 g/mol. The van der Waals surface area contributed by atoms with E-state index < -0.39 is 28.8 Å². The molecule has 1 saturated carbocycles. The van der Waals surface area contributed by atoms with Gasteiger partial charge in [-0.3, -0.25) is 14.4 Å². The van der Waals surface area contributed by atoms with Crippen molar-refractivity contribution in [2.45, 2.75) is 45.6 Å². The maximum atomic E-state index is 13.4. The van der Waals surface area contributed by atoms with Gasteiger partial charge in [0.15, 0.2) is 5.78 Å². The molecular formula is C21H24O6. The van der Waals surface area contributed by atoms with E-state index in [1.165, 1.54) is 7.11 Å². The van der Waals surface area contributed by atoms with Gasteiger partial charge in [0.25, 0.3) is 0 Å². The van der Waals surface area contributed by atoms with E-state index in [9.17, 15) is 14.4 Å². The molecule has 5 atom stereocenters. The normalized spacial score (nSPS) is 38.3. The van der Waals surface area contributed by atoms with Crippen molar-refractivity contribution in [2.75, 3.05) is 7.11 Å². The Morgan fingerprint density at radius 1 is 1.30 bits per heavy atom. The quantitative estimate of drug-likeness (QED) is 0.740. The van der Waals surface area contributed by atoms with Crippen LogP contribution in [0.25, 0.3) is 0 Å². The van der Waals surface area contributed by atoms with Crippen LogP contribution in [0.5, 0.6) is 0 Å². The summed E-state index contributed by atoms with van der Waals surface area (Å²) in [6, 6.07) is 1.79. The van der Waals surface area contributed by atoms with Gasteiger partial charge in [-0.1, -0.05) is 12.0 Å². The van der Waals surface area contributed by atoms with Crippen molar-refractivity contribution in [1.82, 2.24) is 0 Å². The minimum absolute atomic E-state index is 0.148. The first-order chi connectivity index (χ1) is 12.8. The molecule has 0 amide bonds. The highest BCUT2D eigenvalue weighted by atomic mass is 16.5. The second-order valence-electron chi connectivity index (χ2n) is 8.27. The molecule has 1 saturated heterocycles. The molecule has 1 aliphatic heterocycles. The second kappa shape index (κ2) is 6.08. The summed E-state index contributed by atoms with van der Waals surface area (Å²) in [5, 5.41) is 0. The lowest BCUT2D eigenvalue weighted by molar-refractivity contribution is -0.201. The molecule has 0 aromatic carbocycles. The van der Waals surface area contributed by atoms with Crippen molar-refractivity contribution in [3.05, 3.63) is 35.8 Å². The number of carbonyl (C=O) groups excluding carboxylic acids is 3. The Bertz CT molecular complexity index is 822. The molecule has 2 fully saturated rings. The maximum Gasteiger partial charge on any atom is 0.314 e. The number of hydrogen-bond donors (Lipinski definition) is 0. The van der Waals surface area contributed by atoms with E-state index in [2.05, 4.69) is 0 Å². The van der Waals surface area contributed by atoms with Gasteiger partial charge in [-0.05, 0) is 45.3 Å². The molecule has 2 heterocycles. The van der Waals surface area contributed by atoms with Gasteiger partial charge in [0.2, 0.25) is 0 Å². The van der Waals surface area contributed by atoms with Gasteiger partial charge in [0.1, 0.15) is 6.10 Å². The Morgan fingerprint density at radius 3 is 2.74 bits per heavy atom. The van der Waals surface area contributed by atoms with E-state index in [0.717, 1.165) is 11.1 Å². The molecule has 1 aromatic rings. The van der Waals surface area contributed by atoms with Crippen LogP contribution in [0.1, 0.15) is 51.2 Å². The highest BCUT2D eigenvalue weighted by Crippen LogP contribution is 2.63. The number of cyclic esters (lactones) is 1. The second-order valence-corrected chi connectivity index (χ2v) is 8.27. The summed E-state index contributed by atoms with van der Waals surface area (Å²) in [6.07, 6.45) is 6.66. The molecule has 6 heteroatoms. The Morgan fingerprint density at radius 2 is 2.07 bits per heavy atom. The smallest absolute Gasteiger partial charge is 0.314 e. The molecule has 0 bridgehead atoms. The number of hydrogen-bond acceptors (Lipinski definition) is 6. The number of methoxy groups -OCH3 is 1. The number of carbonyl (C=O) groups is 3. The summed E-state index contributed by atoms with van der Waals surface area (Å²) < 4.78 is 16.0. The third-order valence-electron chi connectivity index (χ3n) is 6.91. The van der Waals surface area contributed by atoms with Crippen LogP contribution in [0.3, 0.4) is 0 Å². The van der Waals surface area contributed by atoms with Gasteiger partial charge in [0.05, 0.1) is 36.4 Å². The van der Waals surface area contributed by atoms with E-state index in [1.54, 1.807) is 31.6 Å². The van der Waals surface area contributed by atoms with E-state index in [-0.39, 0.29) is 17.7 Å². The number of ketones is 1. The molecule has 0 radical (unpaired) electrons. The Balaban J connectivity index is 1.83. The van der Waals surface area contributed by atoms with Crippen molar-refractivity contribution in [1.29, 1.82) is 0 Å². The Kier molecular flexibility index (Phi) is 4.05. The standard InChI is InChI=1S/C21H24O6/c1-12-9-15(22)17-20(2,18(23)25-3)6-4-7-21(17)14(12)10-16(27-19(21)24)13-5-8-26-11-13/h5,8-9,11,14,16-17H,4,6-7,10H2,1-3H3/t14-,16+,17-,20+,21-/m1/s1. The zero-order chi connectivity index (χ0) is 19.4. The van der Waals surface area contributed by atoms with Crippen LogP contribution in [0.2, 0.25) is 0 Å². The number of esters is 2. The van der Waals surface area contributed by atoms with Crippen LogP contribution in [0, 0.1) is 22.7 Å². The maximum absolute atomic E-state index is 13.4. The van der Waals surface area contributed by atoms with E-state index >= 15 is 0 Å². The van der Waals surface area contributed by atoms with Crippen LogP contribution in [-0.2, 0) is 23.9 Å². The van der Waals surface area contributed by atoms with Gasteiger partial charge >= 0.3 is 11.9 Å². The van der Waals surface area contributed by atoms with Gasteiger partial charge in [-0.15, -0.1) is 0 Å². The topological polar surface area (TPSA) is 82.8 Å². The third-order valence-corrected chi connectivity index (χ3v) is 6.91. The monoisotopic (exact) mass is 372 g/mol. The Hall–Kier alpha value is -2.37. The third kappa shape index (κ3) is 2.35. The summed E-state index contributed by atoms with van der Waals surface area (Å²) >= 11 is 0. The van der Waals surface area contributed by atoms with Gasteiger partial charge in [0, 0.05) is 11.5 Å². The first-order valence-corrected chi connectivity index (χ1v) is 9.38. The number of allylic oxidation sites excluding steroid dienone is 2. The van der Waals surface area contributed by atoms with Gasteiger partial charge in [-0.25, -0.2) is 0 Å². The zero-order valence-corrected chi connectivity index (χ0v) is 15.8. The fourth-order valence-corrected chi connectivity index (χ4v) is 5.74. The van der Waals surface area contributed by atoms with Crippen molar-refractivity contribution in [2.24, 2.45) is 22.7 Å². The molecule has 3 aliphatic rings. The van der Waals surface area contributed by atoms with Crippen molar-refractivity contribution in [3.63, 3.8) is 0 Å². The molecule has 1 spiro atoms. The SMILES string of the molecule is COC(=O)[C@@]1(C)CCC[C@@]23C(=O)O[C@H](c4ccoc4)C[C@@H]2C(C)=CC(=O)[C@@H]31. The summed E-state index contributed by atoms with van der Waals surface area (Å²) in [7, 11) is 1.33. The summed E-state index contributed by atoms with van der Waals surface area (Å²) in [4.78, 5) is 39.1. The van der Waals surface area contributed by atoms with Crippen LogP contribution < -0.4 is 0 Å². The molecule has 27 heavy (non-hydrogen) atoms. The highest BCUT2D eigenvalue weighted by molar-refractivity contribution is 6.02. The van der Waals surface area contributed by atoms with Crippen LogP contribution in [0.4, 0.5) is 0 Å². The molecule has 1 aromatic heterocycles. The minimum Gasteiger partial charge on any atom is -0.472 e. The largest absolute Gasteiger partial charge is 0.472 e. The molecule has 4 rings (SSSR count). The lowest BCUT2D eigenvalue weighted by Gasteiger charge is -2.57. The lowest BCUT2D eigenvalue weighted by Crippen LogP contribution is -2.62. The summed E-state index contributed by atoms with van der Waals surface area (Å²) in [5.41, 5.74) is -0.334. The fraction of sp³-hybridized carbons (Fsp3) is 0.571.